The van der Waals surface area contributed by atoms with Gasteiger partial charge in [0.1, 0.15) is 48.0 Å². The molecule has 2 aromatic carbocycles. The fourth-order valence-electron chi connectivity index (χ4n) is 6.54. The molecule has 2 rings (SSSR count). The van der Waals surface area contributed by atoms with Crippen LogP contribution in [0.3, 0.4) is 0 Å². The van der Waals surface area contributed by atoms with Gasteiger partial charge in [0.25, 0.3) is 0 Å². The number of nitrogens with one attached hydrogen (secondary N) is 8. The Morgan fingerprint density at radius 2 is 0.986 bits per heavy atom. The molecule has 0 aliphatic rings. The third-order valence-electron chi connectivity index (χ3n) is 10.2. The Labute approximate surface area is 398 Å². The summed E-state index contributed by atoms with van der Waals surface area (Å²) < 4.78 is 0. The van der Waals surface area contributed by atoms with Crippen LogP contribution < -0.4 is 54.0 Å². The number of carboxylic acid groups (broad SMARTS) is 1. The highest BCUT2D eigenvalue weighted by Crippen LogP contribution is 2.13. The van der Waals surface area contributed by atoms with E-state index in [4.69, 9.17) is 11.5 Å². The van der Waals surface area contributed by atoms with Crippen molar-refractivity contribution in [1.82, 2.24) is 42.5 Å². The predicted molar refractivity (Wildman–Crippen MR) is 247 cm³/mol. The second-order valence-corrected chi connectivity index (χ2v) is 17.2. The van der Waals surface area contributed by atoms with Crippen molar-refractivity contribution in [1.29, 1.82) is 0 Å². The molecular weight excluding hydrogens is 905 g/mol. The smallest absolute Gasteiger partial charge is 0.326 e. The number of aliphatic hydroxyl groups excluding tert-OH is 2. The van der Waals surface area contributed by atoms with Gasteiger partial charge in [-0.2, -0.15) is 0 Å². The minimum absolute atomic E-state index is 0.0181. The summed E-state index contributed by atoms with van der Waals surface area (Å²) in [4.78, 5) is 129. The quantitative estimate of drug-likeness (QED) is 0.0370. The minimum Gasteiger partial charge on any atom is -0.508 e. The summed E-state index contributed by atoms with van der Waals surface area (Å²) in [6.07, 6.45) is -0.794. The highest BCUT2D eigenvalue weighted by molar-refractivity contribution is 5.98. The second-order valence-electron chi connectivity index (χ2n) is 17.2. The van der Waals surface area contributed by atoms with Crippen molar-refractivity contribution in [2.24, 2.45) is 23.3 Å². The largest absolute Gasteiger partial charge is 0.508 e. The van der Waals surface area contributed by atoms with Crippen molar-refractivity contribution in [2.45, 2.75) is 115 Å². The molecule has 0 fully saturated rings. The van der Waals surface area contributed by atoms with E-state index in [1.54, 1.807) is 58.0 Å². The summed E-state index contributed by atoms with van der Waals surface area (Å²) in [6, 6.07) is 2.88. The van der Waals surface area contributed by atoms with Gasteiger partial charge in [-0.1, -0.05) is 70.2 Å². The third kappa shape index (κ3) is 21.1. The summed E-state index contributed by atoms with van der Waals surface area (Å²) in [5, 5.41) is 57.8. The molecule has 0 aromatic heterocycles. The standard InChI is InChI=1S/C45H66N10O14/c1-23(2)15-30(41(64)49-25(5)38(61)54-34(21-56)44(67)53-33(45(68)69)16-24(3)4)51-42(65)31(18-27-11-13-28(58)14-12-27)50-37(60)20-48-40(63)32(19-36(47)59)52-43(66)35(22-57)55-39(62)29(46)17-26-9-7-6-8-10-26/h6-14,23-25,29-35,56-58H,15-22,46H2,1-5H3,(H2,47,59)(H,48,63)(H,49,64)(H,50,60)(H,51,65)(H,52,66)(H,53,67)(H,54,61)(H,55,62)(H,68,69)/t25-,29-,30-,31-,32-,33-,34-,35-/m0/s1. The molecule has 9 amide bonds. The molecule has 0 saturated carbocycles. The lowest BCUT2D eigenvalue weighted by Crippen LogP contribution is -2.59. The Bertz CT molecular complexity index is 2090. The topological polar surface area (TPSA) is 400 Å². The number of carbonyl (C=O) groups is 10. The van der Waals surface area contributed by atoms with E-state index >= 15 is 0 Å². The minimum atomic E-state index is -1.70. The van der Waals surface area contributed by atoms with Crippen molar-refractivity contribution in [3.8, 4) is 5.75 Å². The monoisotopic (exact) mass is 970 g/mol. The van der Waals surface area contributed by atoms with Gasteiger partial charge in [-0.25, -0.2) is 4.79 Å². The zero-order chi connectivity index (χ0) is 52.0. The van der Waals surface area contributed by atoms with E-state index in [0.29, 0.717) is 5.56 Å². The van der Waals surface area contributed by atoms with E-state index in [1.807, 2.05) is 0 Å². The number of carbonyl (C=O) groups excluding carboxylic acids is 9. The number of phenolic OH excluding ortho intramolecular Hbond substituents is 1. The summed E-state index contributed by atoms with van der Waals surface area (Å²) in [7, 11) is 0. The van der Waals surface area contributed by atoms with Crippen LogP contribution in [0.25, 0.3) is 0 Å². The van der Waals surface area contributed by atoms with Crippen LogP contribution >= 0.6 is 0 Å². The van der Waals surface area contributed by atoms with Crippen molar-refractivity contribution < 1.29 is 68.4 Å². The van der Waals surface area contributed by atoms with Gasteiger partial charge in [-0.05, 0) is 61.3 Å². The summed E-state index contributed by atoms with van der Waals surface area (Å²) in [6.45, 7) is 5.57. The Morgan fingerprint density at radius 3 is 1.51 bits per heavy atom. The van der Waals surface area contributed by atoms with Crippen LogP contribution in [0.1, 0.15) is 65.0 Å². The molecule has 380 valence electrons. The molecule has 2 aromatic rings. The van der Waals surface area contributed by atoms with Crippen LogP contribution in [0.5, 0.6) is 5.75 Å². The molecule has 0 heterocycles. The van der Waals surface area contributed by atoms with E-state index in [2.05, 4.69) is 42.5 Å². The lowest BCUT2D eigenvalue weighted by Gasteiger charge is -2.26. The van der Waals surface area contributed by atoms with E-state index in [9.17, 15) is 68.4 Å². The molecular formula is C45H66N10O14. The van der Waals surface area contributed by atoms with E-state index < -0.39 is 134 Å². The molecule has 24 heteroatoms. The van der Waals surface area contributed by atoms with Gasteiger partial charge in [0, 0.05) is 6.42 Å². The maximum Gasteiger partial charge on any atom is 0.326 e. The van der Waals surface area contributed by atoms with Gasteiger partial charge in [0.05, 0.1) is 32.2 Å². The number of primary amides is 1. The van der Waals surface area contributed by atoms with Gasteiger partial charge in [0.15, 0.2) is 0 Å². The molecule has 16 N–H and O–H groups in total. The number of aliphatic carboxylic acids is 1. The van der Waals surface area contributed by atoms with Crippen molar-refractivity contribution in [3.63, 3.8) is 0 Å². The summed E-state index contributed by atoms with van der Waals surface area (Å²) >= 11 is 0. The van der Waals surface area contributed by atoms with E-state index in [1.165, 1.54) is 31.2 Å². The fourth-order valence-corrected chi connectivity index (χ4v) is 6.54. The van der Waals surface area contributed by atoms with Gasteiger partial charge in [-0.15, -0.1) is 0 Å². The molecule has 69 heavy (non-hydrogen) atoms. The molecule has 0 radical (unpaired) electrons. The zero-order valence-corrected chi connectivity index (χ0v) is 39.2. The van der Waals surface area contributed by atoms with E-state index in [-0.39, 0.29) is 43.3 Å². The number of aliphatic hydroxyl groups is 2. The normalized spacial score (nSPS) is 14.5. The highest BCUT2D eigenvalue weighted by Gasteiger charge is 2.33. The molecule has 0 spiro atoms. The molecule has 0 saturated heterocycles. The number of rotatable bonds is 29. The SMILES string of the molecule is CC(C)C[C@H](NC(=O)[C@H](CO)NC(=O)[C@H](C)NC(=O)[C@H](CC(C)C)NC(=O)[C@H](Cc1ccc(O)cc1)NC(=O)CNC(=O)[C@H](CC(N)=O)NC(=O)[C@H](CO)NC(=O)[C@@H](N)Cc1ccccc1)C(=O)O. The summed E-state index contributed by atoms with van der Waals surface area (Å²) in [5.41, 5.74) is 12.5. The Morgan fingerprint density at radius 1 is 0.522 bits per heavy atom. The molecule has 8 atom stereocenters. The Balaban J connectivity index is 2.19. The first-order chi connectivity index (χ1) is 32.4. The lowest BCUT2D eigenvalue weighted by molar-refractivity contribution is -0.143. The average molecular weight is 971 g/mol. The van der Waals surface area contributed by atoms with Crippen molar-refractivity contribution in [2.75, 3.05) is 19.8 Å². The van der Waals surface area contributed by atoms with Gasteiger partial charge in [0.2, 0.25) is 53.2 Å². The Hall–Kier alpha value is -7.18. The first-order valence-corrected chi connectivity index (χ1v) is 22.1. The van der Waals surface area contributed by atoms with Crippen LogP contribution in [0.4, 0.5) is 0 Å². The lowest BCUT2D eigenvalue weighted by atomic mass is 10.0. The molecule has 0 aliphatic carbocycles. The number of hydrogen-bond donors (Lipinski definition) is 14. The predicted octanol–water partition coefficient (Wildman–Crippen LogP) is -3.93. The van der Waals surface area contributed by atoms with Gasteiger partial charge >= 0.3 is 5.97 Å². The number of phenols is 1. The Kier molecular flexibility index (Phi) is 24.2. The highest BCUT2D eigenvalue weighted by atomic mass is 16.4. The average Bonchev–Trinajstić information content (AvgIpc) is 3.28. The van der Waals surface area contributed by atoms with Crippen LogP contribution in [0, 0.1) is 11.8 Å². The molecule has 0 unspecified atom stereocenters. The number of nitrogens with two attached hydrogens (primary N) is 2. The zero-order valence-electron chi connectivity index (χ0n) is 39.2. The molecule has 0 aliphatic heterocycles. The first-order valence-electron chi connectivity index (χ1n) is 22.1. The van der Waals surface area contributed by atoms with Gasteiger partial charge in [-0.3, -0.25) is 43.2 Å². The third-order valence-corrected chi connectivity index (χ3v) is 10.2. The van der Waals surface area contributed by atoms with Crippen LogP contribution in [0.15, 0.2) is 54.6 Å². The van der Waals surface area contributed by atoms with Crippen LogP contribution in [0.2, 0.25) is 0 Å². The maximum absolute atomic E-state index is 13.9. The van der Waals surface area contributed by atoms with Gasteiger partial charge < -0.3 is 74.4 Å². The number of benzene rings is 2. The van der Waals surface area contributed by atoms with Crippen LogP contribution in [-0.4, -0.2) is 148 Å². The van der Waals surface area contributed by atoms with Crippen molar-refractivity contribution >= 4 is 59.1 Å². The molecule has 24 nitrogen and oxygen atoms in total. The van der Waals surface area contributed by atoms with Crippen LogP contribution in [-0.2, 0) is 60.8 Å². The number of carboxylic acids is 1. The first kappa shape index (κ1) is 57.9. The fraction of sp³-hybridized carbons (Fsp3) is 0.511. The van der Waals surface area contributed by atoms with E-state index in [0.717, 1.165) is 5.56 Å². The second kappa shape index (κ2) is 28.9. The number of aromatic hydroxyl groups is 1. The number of hydrogen-bond acceptors (Lipinski definition) is 14. The summed E-state index contributed by atoms with van der Waals surface area (Å²) in [5.74, 6) is -10.4. The molecule has 0 bridgehead atoms. The maximum atomic E-state index is 13.9. The van der Waals surface area contributed by atoms with Crippen molar-refractivity contribution in [3.05, 3.63) is 65.7 Å². The number of amides is 9.